The van der Waals surface area contributed by atoms with Crippen molar-refractivity contribution in [3.63, 3.8) is 0 Å². The van der Waals surface area contributed by atoms with Crippen molar-refractivity contribution < 1.29 is 9.90 Å². The van der Waals surface area contributed by atoms with E-state index < -0.39 is 5.97 Å². The third-order valence-electron chi connectivity index (χ3n) is 0.919. The molecule has 56 valence electrons. The maximum Gasteiger partial charge on any atom is 0.318 e. The normalized spacial score (nSPS) is 19.0. The Kier molecular flexibility index (Phi) is 2.13. The van der Waals surface area contributed by atoms with Gasteiger partial charge in [-0.05, 0) is 11.9 Å². The number of hydrogen-bond donors (Lipinski definition) is 2. The van der Waals surface area contributed by atoms with Gasteiger partial charge in [0.15, 0.2) is 5.17 Å². The Morgan fingerprint density at radius 2 is 2.70 bits per heavy atom. The van der Waals surface area contributed by atoms with E-state index in [1.165, 1.54) is 11.9 Å². The Balaban J connectivity index is 2.29. The average Bonchev–Trinajstić information content (AvgIpc) is 2.13. The monoisotopic (exact) mass is 161 g/mol. The molecule has 0 bridgehead atoms. The molecule has 0 fully saturated rings. The van der Waals surface area contributed by atoms with Crippen molar-refractivity contribution in [1.29, 1.82) is 0 Å². The number of carbonyl (C=O) groups is 1. The van der Waals surface area contributed by atoms with Crippen LogP contribution in [-0.4, -0.2) is 33.8 Å². The number of aliphatic carboxylic acids is 1. The van der Waals surface area contributed by atoms with Gasteiger partial charge in [0.1, 0.15) is 13.2 Å². The standard InChI is InChI=1S/C4H7N3O2S/c5-4-6-2-7(10-4)1-3(8)9/h1-2H2,(H2,5,6)(H,8,9). The lowest BCUT2D eigenvalue weighted by Crippen LogP contribution is -2.21. The summed E-state index contributed by atoms with van der Waals surface area (Å²) in [6, 6.07) is 0. The Morgan fingerprint density at radius 3 is 3.10 bits per heavy atom. The SMILES string of the molecule is NC1=NCN(CC(=O)O)S1. The Labute approximate surface area is 62.0 Å². The topological polar surface area (TPSA) is 78.9 Å². The molecule has 0 saturated carbocycles. The molecular formula is C4H7N3O2S. The summed E-state index contributed by atoms with van der Waals surface area (Å²) in [7, 11) is 0. The first-order valence-corrected chi connectivity index (χ1v) is 3.40. The van der Waals surface area contributed by atoms with Crippen LogP contribution in [0.1, 0.15) is 0 Å². The van der Waals surface area contributed by atoms with Gasteiger partial charge in [0, 0.05) is 0 Å². The summed E-state index contributed by atoms with van der Waals surface area (Å²) in [5, 5.41) is 8.75. The van der Waals surface area contributed by atoms with Crippen molar-refractivity contribution in [2.75, 3.05) is 13.2 Å². The van der Waals surface area contributed by atoms with E-state index in [-0.39, 0.29) is 6.54 Å². The molecule has 1 aliphatic heterocycles. The Morgan fingerprint density at radius 1 is 2.00 bits per heavy atom. The van der Waals surface area contributed by atoms with E-state index in [9.17, 15) is 4.79 Å². The van der Waals surface area contributed by atoms with Crippen LogP contribution in [0, 0.1) is 0 Å². The first-order valence-electron chi connectivity index (χ1n) is 2.63. The van der Waals surface area contributed by atoms with Crippen molar-refractivity contribution in [3.05, 3.63) is 0 Å². The molecule has 0 amide bonds. The molecule has 0 aromatic heterocycles. The van der Waals surface area contributed by atoms with Crippen molar-refractivity contribution in [2.45, 2.75) is 0 Å². The summed E-state index contributed by atoms with van der Waals surface area (Å²) in [5.74, 6) is -0.864. The van der Waals surface area contributed by atoms with Gasteiger partial charge in [-0.3, -0.25) is 4.79 Å². The van der Waals surface area contributed by atoms with Gasteiger partial charge in [-0.1, -0.05) is 0 Å². The van der Waals surface area contributed by atoms with Crippen LogP contribution >= 0.6 is 11.9 Å². The van der Waals surface area contributed by atoms with Gasteiger partial charge < -0.3 is 10.8 Å². The molecule has 0 aromatic rings. The number of hydrogen-bond acceptors (Lipinski definition) is 5. The molecule has 0 atom stereocenters. The summed E-state index contributed by atoms with van der Waals surface area (Å²) in [4.78, 5) is 13.9. The summed E-state index contributed by atoms with van der Waals surface area (Å²) < 4.78 is 1.57. The molecule has 6 heteroatoms. The first kappa shape index (κ1) is 7.36. The minimum atomic E-state index is -0.864. The number of amidine groups is 1. The van der Waals surface area contributed by atoms with Crippen LogP contribution < -0.4 is 5.73 Å². The number of nitrogens with two attached hydrogens (primary N) is 1. The summed E-state index contributed by atoms with van der Waals surface area (Å²) in [6.45, 7) is 0.359. The van der Waals surface area contributed by atoms with E-state index in [1.54, 1.807) is 4.31 Å². The zero-order chi connectivity index (χ0) is 7.56. The number of nitrogens with zero attached hydrogens (tertiary/aromatic N) is 2. The van der Waals surface area contributed by atoms with Crippen molar-refractivity contribution in [3.8, 4) is 0 Å². The highest BCUT2D eigenvalue weighted by molar-refractivity contribution is 8.12. The average molecular weight is 161 g/mol. The van der Waals surface area contributed by atoms with Gasteiger partial charge in [0.05, 0.1) is 0 Å². The zero-order valence-corrected chi connectivity index (χ0v) is 5.97. The number of carboxylic acids is 1. The van der Waals surface area contributed by atoms with Gasteiger partial charge >= 0.3 is 5.97 Å². The third-order valence-corrected chi connectivity index (χ3v) is 1.74. The lowest BCUT2D eigenvalue weighted by atomic mass is 10.7. The largest absolute Gasteiger partial charge is 0.480 e. The predicted octanol–water partition coefficient (Wildman–Crippen LogP) is -0.693. The second kappa shape index (κ2) is 2.89. The lowest BCUT2D eigenvalue weighted by Gasteiger charge is -2.06. The highest BCUT2D eigenvalue weighted by Crippen LogP contribution is 2.14. The van der Waals surface area contributed by atoms with Crippen molar-refractivity contribution in [2.24, 2.45) is 10.7 Å². The van der Waals surface area contributed by atoms with E-state index in [1.807, 2.05) is 0 Å². The van der Waals surface area contributed by atoms with Crippen LogP contribution in [0.3, 0.4) is 0 Å². The van der Waals surface area contributed by atoms with Gasteiger partial charge in [-0.2, -0.15) is 0 Å². The Hall–Kier alpha value is -0.750. The highest BCUT2D eigenvalue weighted by atomic mass is 32.2. The second-order valence-corrected chi connectivity index (χ2v) is 2.88. The van der Waals surface area contributed by atoms with Crippen LogP contribution in [0.5, 0.6) is 0 Å². The molecule has 1 rings (SSSR count). The number of rotatable bonds is 2. The maximum absolute atomic E-state index is 10.1. The summed E-state index contributed by atoms with van der Waals surface area (Å²) in [6.07, 6.45) is 0. The molecule has 0 spiro atoms. The number of carboxylic acid groups (broad SMARTS) is 1. The van der Waals surface area contributed by atoms with Gasteiger partial charge in [-0.15, -0.1) is 0 Å². The van der Waals surface area contributed by atoms with E-state index in [0.29, 0.717) is 11.8 Å². The van der Waals surface area contributed by atoms with Crippen LogP contribution in [0.4, 0.5) is 0 Å². The zero-order valence-electron chi connectivity index (χ0n) is 5.15. The minimum absolute atomic E-state index is 0.0190. The lowest BCUT2D eigenvalue weighted by molar-refractivity contribution is -0.137. The fourth-order valence-corrected chi connectivity index (χ4v) is 1.24. The molecule has 0 unspecified atom stereocenters. The molecule has 0 radical (unpaired) electrons. The van der Waals surface area contributed by atoms with E-state index in [0.717, 1.165) is 0 Å². The van der Waals surface area contributed by atoms with E-state index in [2.05, 4.69) is 4.99 Å². The van der Waals surface area contributed by atoms with Crippen molar-refractivity contribution in [1.82, 2.24) is 4.31 Å². The van der Waals surface area contributed by atoms with Gasteiger partial charge in [0.2, 0.25) is 0 Å². The summed E-state index contributed by atoms with van der Waals surface area (Å²) in [5.41, 5.74) is 5.28. The van der Waals surface area contributed by atoms with Crippen LogP contribution in [0.2, 0.25) is 0 Å². The minimum Gasteiger partial charge on any atom is -0.480 e. The van der Waals surface area contributed by atoms with Crippen LogP contribution in [0.15, 0.2) is 4.99 Å². The molecule has 10 heavy (non-hydrogen) atoms. The highest BCUT2D eigenvalue weighted by Gasteiger charge is 2.16. The van der Waals surface area contributed by atoms with Gasteiger partial charge in [-0.25, -0.2) is 9.30 Å². The molecule has 1 heterocycles. The predicted molar refractivity (Wildman–Crippen MR) is 38.4 cm³/mol. The second-order valence-electron chi connectivity index (χ2n) is 1.76. The first-order chi connectivity index (χ1) is 4.68. The molecule has 0 aromatic carbocycles. The molecule has 5 nitrogen and oxygen atoms in total. The molecule has 0 aliphatic carbocycles. The van der Waals surface area contributed by atoms with Gasteiger partial charge in [0.25, 0.3) is 0 Å². The molecular weight excluding hydrogens is 154 g/mol. The van der Waals surface area contributed by atoms with Crippen molar-refractivity contribution >= 4 is 23.1 Å². The molecule has 0 saturated heterocycles. The van der Waals surface area contributed by atoms with Crippen LogP contribution in [-0.2, 0) is 4.79 Å². The Bertz CT molecular complexity index is 181. The quantitative estimate of drug-likeness (QED) is 0.524. The molecule has 3 N–H and O–H groups in total. The fourth-order valence-electron chi connectivity index (χ4n) is 0.572. The fraction of sp³-hybridized carbons (Fsp3) is 0.500. The smallest absolute Gasteiger partial charge is 0.318 e. The third kappa shape index (κ3) is 1.89. The summed E-state index contributed by atoms with van der Waals surface area (Å²) >= 11 is 1.17. The molecule has 1 aliphatic rings. The van der Waals surface area contributed by atoms with E-state index in [4.69, 9.17) is 10.8 Å². The van der Waals surface area contributed by atoms with E-state index >= 15 is 0 Å². The number of aliphatic imine (C=N–C) groups is 1. The van der Waals surface area contributed by atoms with Crippen LogP contribution in [0.25, 0.3) is 0 Å². The maximum atomic E-state index is 10.1.